The summed E-state index contributed by atoms with van der Waals surface area (Å²) in [6.45, 7) is 0. The Bertz CT molecular complexity index is 800. The number of carbonyl (C=O) groups excluding carboxylic acids is 2. The quantitative estimate of drug-likeness (QED) is 0.474. The van der Waals surface area contributed by atoms with Crippen LogP contribution in [0.3, 0.4) is 0 Å². The lowest BCUT2D eigenvalue weighted by Crippen LogP contribution is -2.09. The molecule has 8 heteroatoms. The Balaban J connectivity index is 2.68. The predicted octanol–water partition coefficient (Wildman–Crippen LogP) is 2.19. The topological polar surface area (TPSA) is 120 Å². The molecule has 22 heavy (non-hydrogen) atoms. The summed E-state index contributed by atoms with van der Waals surface area (Å²) in [5.41, 5.74) is -2.28. The van der Waals surface area contributed by atoms with Crippen LogP contribution < -0.4 is 0 Å². The van der Waals surface area contributed by atoms with Crippen LogP contribution in [0.2, 0.25) is 0 Å². The maximum Gasteiger partial charge on any atom is 0.291 e. The van der Waals surface area contributed by atoms with Gasteiger partial charge in [0.05, 0.1) is 9.85 Å². The second-order valence-corrected chi connectivity index (χ2v) is 4.16. The van der Waals surface area contributed by atoms with Crippen molar-refractivity contribution < 1.29 is 19.4 Å². The molecule has 0 saturated heterocycles. The van der Waals surface area contributed by atoms with Crippen molar-refractivity contribution in [3.8, 4) is 0 Å². The molecule has 0 heterocycles. The van der Waals surface area contributed by atoms with Crippen molar-refractivity contribution in [3.63, 3.8) is 0 Å². The molecule has 0 spiro atoms. The van der Waals surface area contributed by atoms with Crippen LogP contribution >= 0.6 is 0 Å². The van der Waals surface area contributed by atoms with Gasteiger partial charge in [0.25, 0.3) is 11.4 Å². The highest BCUT2D eigenvalue weighted by Gasteiger charge is 2.29. The van der Waals surface area contributed by atoms with E-state index < -0.39 is 38.1 Å². The van der Waals surface area contributed by atoms with Crippen molar-refractivity contribution >= 4 is 23.4 Å². The zero-order valence-corrected chi connectivity index (χ0v) is 10.9. The average molecular weight is 299 g/mol. The fourth-order valence-electron chi connectivity index (χ4n) is 1.98. The number of rotatable bonds is 5. The van der Waals surface area contributed by atoms with E-state index in [1.165, 1.54) is 30.6 Å². The molecular formula is C14H7N2O6. The second kappa shape index (κ2) is 5.92. The number of nitro groups is 2. The normalized spacial score (nSPS) is 10.0. The van der Waals surface area contributed by atoms with Crippen molar-refractivity contribution in [3.05, 3.63) is 79.4 Å². The number of hydrogen-bond acceptors (Lipinski definition) is 6. The Labute approximate surface area is 123 Å². The fraction of sp³-hybridized carbons (Fsp3) is 0. The smallest absolute Gasteiger partial charge is 0.288 e. The highest BCUT2D eigenvalue weighted by Crippen LogP contribution is 2.28. The molecule has 0 bridgehead atoms. The number of hydrogen-bond donors (Lipinski definition) is 0. The summed E-state index contributed by atoms with van der Waals surface area (Å²) in [5, 5.41) is 22.1. The Morgan fingerprint density at radius 1 is 0.909 bits per heavy atom. The van der Waals surface area contributed by atoms with Gasteiger partial charge in [-0.1, -0.05) is 18.2 Å². The summed E-state index contributed by atoms with van der Waals surface area (Å²) in [6, 6.07) is 8.64. The van der Waals surface area contributed by atoms with Gasteiger partial charge in [0.1, 0.15) is 16.7 Å². The molecular weight excluding hydrogens is 292 g/mol. The van der Waals surface area contributed by atoms with E-state index in [-0.39, 0.29) is 5.56 Å². The first-order chi connectivity index (χ1) is 10.5. The van der Waals surface area contributed by atoms with Crippen molar-refractivity contribution in [1.82, 2.24) is 0 Å². The highest BCUT2D eigenvalue weighted by atomic mass is 16.6. The summed E-state index contributed by atoms with van der Waals surface area (Å²) >= 11 is 0. The fourth-order valence-corrected chi connectivity index (χ4v) is 1.98. The van der Waals surface area contributed by atoms with Crippen LogP contribution in [0.15, 0.2) is 42.5 Å². The molecule has 0 aliphatic carbocycles. The minimum absolute atomic E-state index is 0.293. The van der Waals surface area contributed by atoms with E-state index in [9.17, 15) is 29.8 Å². The lowest BCUT2D eigenvalue weighted by Gasteiger charge is -2.04. The van der Waals surface area contributed by atoms with Gasteiger partial charge in [0, 0.05) is 6.07 Å². The van der Waals surface area contributed by atoms with E-state index in [1.807, 2.05) is 0 Å². The van der Waals surface area contributed by atoms with Gasteiger partial charge in [-0.3, -0.25) is 29.8 Å². The van der Waals surface area contributed by atoms with Crippen LogP contribution in [0, 0.1) is 20.2 Å². The summed E-state index contributed by atoms with van der Waals surface area (Å²) in [7, 11) is 0. The number of benzene rings is 2. The van der Waals surface area contributed by atoms with Gasteiger partial charge < -0.3 is 0 Å². The van der Waals surface area contributed by atoms with E-state index in [0.29, 0.717) is 0 Å². The summed E-state index contributed by atoms with van der Waals surface area (Å²) in [6.07, 6.45) is 1.38. The zero-order valence-electron chi connectivity index (χ0n) is 10.9. The monoisotopic (exact) mass is 299 g/mol. The number of ketones is 1. The molecule has 0 aliphatic heterocycles. The molecule has 0 aromatic heterocycles. The lowest BCUT2D eigenvalue weighted by atomic mass is 9.98. The maximum absolute atomic E-state index is 12.4. The molecule has 0 fully saturated rings. The van der Waals surface area contributed by atoms with Crippen LogP contribution in [0.4, 0.5) is 11.4 Å². The van der Waals surface area contributed by atoms with Crippen molar-refractivity contribution in [2.75, 3.05) is 0 Å². The van der Waals surface area contributed by atoms with Crippen LogP contribution in [0.25, 0.3) is 0 Å². The van der Waals surface area contributed by atoms with Gasteiger partial charge in [-0.15, -0.1) is 0 Å². The first-order valence-corrected chi connectivity index (χ1v) is 5.91. The van der Waals surface area contributed by atoms with E-state index in [4.69, 9.17) is 0 Å². The molecule has 0 unspecified atom stereocenters. The third kappa shape index (κ3) is 2.57. The minimum Gasteiger partial charge on any atom is -0.288 e. The maximum atomic E-state index is 12.4. The van der Waals surface area contributed by atoms with E-state index in [2.05, 4.69) is 0 Å². The molecule has 0 aliphatic rings. The van der Waals surface area contributed by atoms with Gasteiger partial charge >= 0.3 is 0 Å². The van der Waals surface area contributed by atoms with Gasteiger partial charge in [0.2, 0.25) is 12.1 Å². The zero-order chi connectivity index (χ0) is 16.3. The Morgan fingerprint density at radius 3 is 2.14 bits per heavy atom. The predicted molar refractivity (Wildman–Crippen MR) is 74.4 cm³/mol. The summed E-state index contributed by atoms with van der Waals surface area (Å²) in [4.78, 5) is 43.6. The van der Waals surface area contributed by atoms with Crippen molar-refractivity contribution in [1.29, 1.82) is 0 Å². The van der Waals surface area contributed by atoms with Crippen LogP contribution in [0.1, 0.15) is 21.5 Å². The molecule has 0 atom stereocenters. The third-order valence-electron chi connectivity index (χ3n) is 2.92. The van der Waals surface area contributed by atoms with Gasteiger partial charge in [-0.2, -0.15) is 0 Å². The molecule has 2 aromatic rings. The summed E-state index contributed by atoms with van der Waals surface area (Å²) < 4.78 is 0. The third-order valence-corrected chi connectivity index (χ3v) is 2.92. The number of nitrogens with zero attached hydrogens (tertiary/aromatic N) is 2. The van der Waals surface area contributed by atoms with Gasteiger partial charge in [-0.05, 0) is 18.2 Å². The standard InChI is InChI=1S/C14H7N2O6/c17-8-9-4-3-6-11(13(9)16(21)22)14(18)10-5-1-2-7-12(10)15(19)20/h1-7H. The number of nitro benzene ring substituents is 2. The largest absolute Gasteiger partial charge is 0.291 e. The first kappa shape index (κ1) is 15.0. The van der Waals surface area contributed by atoms with Crippen molar-refractivity contribution in [2.24, 2.45) is 0 Å². The van der Waals surface area contributed by atoms with Crippen LogP contribution in [-0.4, -0.2) is 21.9 Å². The molecule has 8 nitrogen and oxygen atoms in total. The molecule has 1 radical (unpaired) electrons. The molecule has 2 rings (SSSR count). The average Bonchev–Trinajstić information content (AvgIpc) is 2.53. The first-order valence-electron chi connectivity index (χ1n) is 5.91. The van der Waals surface area contributed by atoms with E-state index in [1.54, 1.807) is 0 Å². The van der Waals surface area contributed by atoms with Crippen LogP contribution in [-0.2, 0) is 4.79 Å². The molecule has 0 N–H and O–H groups in total. The Morgan fingerprint density at radius 2 is 1.55 bits per heavy atom. The minimum atomic E-state index is -0.906. The van der Waals surface area contributed by atoms with E-state index in [0.717, 1.165) is 18.2 Å². The molecule has 0 amide bonds. The lowest BCUT2D eigenvalue weighted by molar-refractivity contribution is -0.385. The molecule has 2 aromatic carbocycles. The SMILES string of the molecule is O=[C]c1cccc(C(=O)c2ccccc2[N+](=O)[O-])c1[N+](=O)[O-]. The van der Waals surface area contributed by atoms with Crippen LogP contribution in [0.5, 0.6) is 0 Å². The van der Waals surface area contributed by atoms with E-state index >= 15 is 0 Å². The molecule has 0 saturated carbocycles. The van der Waals surface area contributed by atoms with Gasteiger partial charge in [-0.25, -0.2) is 0 Å². The number of para-hydroxylation sites is 2. The molecule has 109 valence electrons. The highest BCUT2D eigenvalue weighted by molar-refractivity contribution is 6.14. The Kier molecular flexibility index (Phi) is 4.03. The number of carbonyl (C=O) groups is 1. The van der Waals surface area contributed by atoms with Crippen molar-refractivity contribution in [2.45, 2.75) is 0 Å². The Hall–Kier alpha value is -3.42. The van der Waals surface area contributed by atoms with Gasteiger partial charge in [0.15, 0.2) is 0 Å². The summed E-state index contributed by atoms with van der Waals surface area (Å²) in [5.74, 6) is -0.906. The second-order valence-electron chi connectivity index (χ2n) is 4.16.